The quantitative estimate of drug-likeness (QED) is 0.808. The number of alkyl carbamates (subject to hydrolysis) is 1. The fourth-order valence-corrected chi connectivity index (χ4v) is 2.56. The molecule has 1 aliphatic rings. The van der Waals surface area contributed by atoms with E-state index in [0.717, 1.165) is 12.8 Å². The highest BCUT2D eigenvalue weighted by atomic mass is 16.6. The van der Waals surface area contributed by atoms with Gasteiger partial charge in [0.2, 0.25) is 5.91 Å². The summed E-state index contributed by atoms with van der Waals surface area (Å²) in [5, 5.41) is 2.16. The summed E-state index contributed by atoms with van der Waals surface area (Å²) in [6, 6.07) is 0. The van der Waals surface area contributed by atoms with E-state index in [2.05, 4.69) is 26.1 Å². The molecule has 0 radical (unpaired) electrons. The van der Waals surface area contributed by atoms with Crippen molar-refractivity contribution in [2.75, 3.05) is 0 Å². The Labute approximate surface area is 103 Å². The van der Waals surface area contributed by atoms with Crippen LogP contribution < -0.4 is 5.32 Å². The Morgan fingerprint density at radius 2 is 1.94 bits per heavy atom. The highest BCUT2D eigenvalue weighted by Crippen LogP contribution is 2.35. The van der Waals surface area contributed by atoms with E-state index in [1.54, 1.807) is 0 Å². The van der Waals surface area contributed by atoms with Crippen LogP contribution in [-0.4, -0.2) is 18.1 Å². The molecule has 1 aliphatic carbocycles. The Bertz CT molecular complexity index is 288. The van der Waals surface area contributed by atoms with E-state index in [-0.39, 0.29) is 12.0 Å². The number of nitrogens with one attached hydrogen (secondary N) is 1. The van der Waals surface area contributed by atoms with Gasteiger partial charge in [-0.15, -0.1) is 0 Å². The van der Waals surface area contributed by atoms with Gasteiger partial charge in [-0.1, -0.05) is 27.2 Å². The molecule has 0 aromatic heterocycles. The van der Waals surface area contributed by atoms with Gasteiger partial charge in [0, 0.05) is 6.92 Å². The van der Waals surface area contributed by atoms with E-state index < -0.39 is 6.09 Å². The molecule has 0 aliphatic heterocycles. The minimum atomic E-state index is -0.609. The first-order valence-electron chi connectivity index (χ1n) is 6.38. The first kappa shape index (κ1) is 14.0. The molecule has 3 unspecified atom stereocenters. The molecular weight excluding hydrogens is 218 g/mol. The Balaban J connectivity index is 2.57. The van der Waals surface area contributed by atoms with Crippen molar-refractivity contribution in [1.29, 1.82) is 0 Å². The highest BCUT2D eigenvalue weighted by molar-refractivity contribution is 5.90. The molecule has 0 bridgehead atoms. The Morgan fingerprint density at radius 1 is 1.29 bits per heavy atom. The molecule has 3 atom stereocenters. The minimum absolute atomic E-state index is 0.0573. The number of carbonyl (C=O) groups is 2. The normalized spacial score (nSPS) is 28.9. The second-order valence-corrected chi connectivity index (χ2v) is 5.45. The van der Waals surface area contributed by atoms with E-state index >= 15 is 0 Å². The smallest absolute Gasteiger partial charge is 0.414 e. The van der Waals surface area contributed by atoms with Gasteiger partial charge in [0.25, 0.3) is 0 Å². The SMILES string of the molecule is CC(=O)NC(=O)OC1CC(C)CCC1C(C)C. The zero-order valence-electron chi connectivity index (χ0n) is 11.2. The molecule has 0 aromatic carbocycles. The van der Waals surface area contributed by atoms with Crippen molar-refractivity contribution >= 4 is 12.0 Å². The molecule has 1 N–H and O–H groups in total. The van der Waals surface area contributed by atoms with Crippen molar-refractivity contribution in [2.45, 2.75) is 53.1 Å². The van der Waals surface area contributed by atoms with Crippen LogP contribution in [0.25, 0.3) is 0 Å². The van der Waals surface area contributed by atoms with Gasteiger partial charge in [0.15, 0.2) is 0 Å². The van der Waals surface area contributed by atoms with E-state index in [4.69, 9.17) is 4.74 Å². The van der Waals surface area contributed by atoms with Gasteiger partial charge >= 0.3 is 6.09 Å². The molecule has 0 saturated heterocycles. The first-order valence-corrected chi connectivity index (χ1v) is 6.38. The Morgan fingerprint density at radius 3 is 2.47 bits per heavy atom. The summed E-state index contributed by atoms with van der Waals surface area (Å²) in [5.74, 6) is 1.11. The van der Waals surface area contributed by atoms with Crippen LogP contribution in [0.5, 0.6) is 0 Å². The average Bonchev–Trinajstić information content (AvgIpc) is 2.15. The molecule has 0 spiro atoms. The lowest BCUT2D eigenvalue weighted by Crippen LogP contribution is -2.39. The van der Waals surface area contributed by atoms with Gasteiger partial charge in [-0.2, -0.15) is 0 Å². The molecule has 0 heterocycles. The zero-order chi connectivity index (χ0) is 13.0. The third kappa shape index (κ3) is 4.36. The third-order valence-corrected chi connectivity index (χ3v) is 3.50. The number of ether oxygens (including phenoxy) is 1. The second kappa shape index (κ2) is 6.03. The van der Waals surface area contributed by atoms with Gasteiger partial charge in [-0.3, -0.25) is 10.1 Å². The van der Waals surface area contributed by atoms with Crippen LogP contribution in [0.2, 0.25) is 0 Å². The minimum Gasteiger partial charge on any atom is -0.446 e. The van der Waals surface area contributed by atoms with Gasteiger partial charge in [-0.25, -0.2) is 4.79 Å². The fraction of sp³-hybridized carbons (Fsp3) is 0.846. The monoisotopic (exact) mass is 241 g/mol. The first-order chi connectivity index (χ1) is 7.90. The van der Waals surface area contributed by atoms with Crippen molar-refractivity contribution in [1.82, 2.24) is 5.32 Å². The van der Waals surface area contributed by atoms with Crippen LogP contribution in [0.1, 0.15) is 47.0 Å². The largest absolute Gasteiger partial charge is 0.446 e. The second-order valence-electron chi connectivity index (χ2n) is 5.45. The van der Waals surface area contributed by atoms with Crippen LogP contribution in [-0.2, 0) is 9.53 Å². The molecule has 4 nitrogen and oxygen atoms in total. The summed E-state index contributed by atoms with van der Waals surface area (Å²) < 4.78 is 5.38. The predicted molar refractivity (Wildman–Crippen MR) is 65.4 cm³/mol. The predicted octanol–water partition coefficient (Wildman–Crippen LogP) is 2.72. The van der Waals surface area contributed by atoms with Crippen molar-refractivity contribution in [3.8, 4) is 0 Å². The van der Waals surface area contributed by atoms with Crippen LogP contribution in [0, 0.1) is 17.8 Å². The fourth-order valence-electron chi connectivity index (χ4n) is 2.56. The van der Waals surface area contributed by atoms with E-state index in [1.165, 1.54) is 13.3 Å². The lowest BCUT2D eigenvalue weighted by molar-refractivity contribution is -0.118. The number of amides is 2. The Hall–Kier alpha value is -1.06. The number of hydrogen-bond acceptors (Lipinski definition) is 3. The van der Waals surface area contributed by atoms with Crippen molar-refractivity contribution < 1.29 is 14.3 Å². The maximum atomic E-state index is 11.4. The standard InChI is InChI=1S/C13H23NO3/c1-8(2)11-6-5-9(3)7-12(11)17-13(16)14-10(4)15/h8-9,11-12H,5-7H2,1-4H3,(H,14,15,16). The maximum Gasteiger partial charge on any atom is 0.414 e. The average molecular weight is 241 g/mol. The molecule has 1 rings (SSSR count). The molecule has 1 saturated carbocycles. The lowest BCUT2D eigenvalue weighted by Gasteiger charge is -2.36. The third-order valence-electron chi connectivity index (χ3n) is 3.50. The summed E-state index contributed by atoms with van der Waals surface area (Å²) in [5.41, 5.74) is 0. The number of carbonyl (C=O) groups excluding carboxylic acids is 2. The summed E-state index contributed by atoms with van der Waals surface area (Å²) in [6.45, 7) is 7.79. The van der Waals surface area contributed by atoms with Crippen molar-refractivity contribution in [3.05, 3.63) is 0 Å². The molecular formula is C13H23NO3. The molecule has 98 valence electrons. The van der Waals surface area contributed by atoms with Crippen LogP contribution >= 0.6 is 0 Å². The molecule has 0 aromatic rings. The van der Waals surface area contributed by atoms with Gasteiger partial charge < -0.3 is 4.74 Å². The van der Waals surface area contributed by atoms with Crippen LogP contribution in [0.3, 0.4) is 0 Å². The summed E-state index contributed by atoms with van der Waals surface area (Å²) >= 11 is 0. The topological polar surface area (TPSA) is 55.4 Å². The van der Waals surface area contributed by atoms with E-state index in [9.17, 15) is 9.59 Å². The maximum absolute atomic E-state index is 11.4. The molecule has 2 amide bonds. The van der Waals surface area contributed by atoms with E-state index in [1.807, 2.05) is 0 Å². The van der Waals surface area contributed by atoms with Gasteiger partial charge in [0.1, 0.15) is 6.10 Å². The Kier molecular flexibility index (Phi) is 4.97. The molecule has 4 heteroatoms. The van der Waals surface area contributed by atoms with Crippen LogP contribution in [0.15, 0.2) is 0 Å². The number of rotatable bonds is 2. The van der Waals surface area contributed by atoms with E-state index in [0.29, 0.717) is 17.8 Å². The zero-order valence-corrected chi connectivity index (χ0v) is 11.2. The number of imide groups is 1. The highest BCUT2D eigenvalue weighted by Gasteiger charge is 2.33. The molecule has 1 fully saturated rings. The van der Waals surface area contributed by atoms with Gasteiger partial charge in [-0.05, 0) is 30.6 Å². The molecule has 17 heavy (non-hydrogen) atoms. The van der Waals surface area contributed by atoms with Crippen LogP contribution in [0.4, 0.5) is 4.79 Å². The summed E-state index contributed by atoms with van der Waals surface area (Å²) in [4.78, 5) is 22.2. The summed E-state index contributed by atoms with van der Waals surface area (Å²) in [7, 11) is 0. The van der Waals surface area contributed by atoms with Gasteiger partial charge in [0.05, 0.1) is 0 Å². The lowest BCUT2D eigenvalue weighted by atomic mass is 9.75. The summed E-state index contributed by atoms with van der Waals surface area (Å²) in [6.07, 6.45) is 2.52. The number of hydrogen-bond donors (Lipinski definition) is 1. The van der Waals surface area contributed by atoms with Crippen molar-refractivity contribution in [3.63, 3.8) is 0 Å². The van der Waals surface area contributed by atoms with Crippen molar-refractivity contribution in [2.24, 2.45) is 17.8 Å².